The van der Waals surface area contributed by atoms with E-state index < -0.39 is 16.8 Å². The first-order chi connectivity index (χ1) is 18.2. The first-order valence-corrected chi connectivity index (χ1v) is 12.4. The van der Waals surface area contributed by atoms with Gasteiger partial charge in [-0.2, -0.15) is 5.10 Å². The smallest absolute Gasteiger partial charge is 0.275 e. The minimum Gasteiger partial charge on any atom is -0.295 e. The van der Waals surface area contributed by atoms with Gasteiger partial charge in [-0.05, 0) is 67.9 Å². The minimum absolute atomic E-state index is 0.0946. The van der Waals surface area contributed by atoms with Crippen molar-refractivity contribution in [1.82, 2.24) is 9.78 Å². The lowest BCUT2D eigenvalue weighted by Gasteiger charge is -2.23. The van der Waals surface area contributed by atoms with Crippen LogP contribution in [0.5, 0.6) is 0 Å². The Kier molecular flexibility index (Phi) is 6.64. The highest BCUT2D eigenvalue weighted by Gasteiger charge is 2.43. The van der Waals surface area contributed by atoms with Crippen LogP contribution in [-0.4, -0.2) is 26.3 Å². The number of hydrazone groups is 1. The largest absolute Gasteiger partial charge is 0.295 e. The number of nitrogens with zero attached hydrogens (tertiary/aromatic N) is 4. The van der Waals surface area contributed by atoms with E-state index in [9.17, 15) is 19.7 Å². The Hall–Kier alpha value is -4.21. The number of carbonyl (C=O) groups excluding carboxylic acids is 1. The molecule has 38 heavy (non-hydrogen) atoms. The number of aromatic amines is 1. The quantitative estimate of drug-likeness (QED) is 0.239. The zero-order valence-electron chi connectivity index (χ0n) is 20.3. The maximum atomic E-state index is 13.8. The highest BCUT2D eigenvalue weighted by molar-refractivity contribution is 6.31. The van der Waals surface area contributed by atoms with Crippen molar-refractivity contribution in [3.63, 3.8) is 0 Å². The molecule has 0 fully saturated rings. The number of halogens is 2. The highest BCUT2D eigenvalue weighted by atomic mass is 35.5. The second-order valence-corrected chi connectivity index (χ2v) is 9.81. The van der Waals surface area contributed by atoms with E-state index in [-0.39, 0.29) is 17.2 Å². The summed E-state index contributed by atoms with van der Waals surface area (Å²) in [6.45, 7) is 3.49. The summed E-state index contributed by atoms with van der Waals surface area (Å²) in [5, 5.41) is 21.2. The molecule has 0 radical (unpaired) electrons. The molecule has 9 nitrogen and oxygen atoms in total. The van der Waals surface area contributed by atoms with Gasteiger partial charge in [0.15, 0.2) is 0 Å². The maximum absolute atomic E-state index is 13.8. The number of hydrogen-bond donors (Lipinski definition) is 1. The summed E-state index contributed by atoms with van der Waals surface area (Å²) in [5.41, 5.74) is 2.66. The van der Waals surface area contributed by atoms with Crippen molar-refractivity contribution in [2.24, 2.45) is 11.0 Å². The number of rotatable bonds is 6. The molecule has 4 aromatic rings. The number of carbonyl (C=O) groups is 1. The van der Waals surface area contributed by atoms with Gasteiger partial charge in [-0.1, -0.05) is 35.3 Å². The average molecular weight is 550 g/mol. The number of H-pyrrole nitrogens is 1. The van der Waals surface area contributed by atoms with Crippen LogP contribution in [-0.2, 0) is 4.79 Å². The number of nitrogens with one attached hydrogen (secondary N) is 1. The molecule has 0 aliphatic carbocycles. The monoisotopic (exact) mass is 549 g/mol. The van der Waals surface area contributed by atoms with Crippen molar-refractivity contribution in [2.45, 2.75) is 19.8 Å². The SMILES string of the molecule is CC1=NN(c2ccc(Cl)cc2)C(=O)[C@H]1[C@@H](c1ccc([N+](=O)[O-])cc1)c1c(C)[nH]n(-c2ccc(Cl)cc2)c1=O. The first kappa shape index (κ1) is 25.4. The lowest BCUT2D eigenvalue weighted by molar-refractivity contribution is -0.384. The van der Waals surface area contributed by atoms with E-state index in [0.29, 0.717) is 44.0 Å². The van der Waals surface area contributed by atoms with Crippen LogP contribution in [0.3, 0.4) is 0 Å². The van der Waals surface area contributed by atoms with Crippen molar-refractivity contribution in [3.05, 3.63) is 120 Å². The number of benzene rings is 3. The third kappa shape index (κ3) is 4.51. The standard InChI is InChI=1S/C27H21Cl2N5O4/c1-15-23(26(35)32(30-15)20-11-5-18(28)6-12-20)25(17-3-9-22(10-4-17)34(37)38)24-16(2)31-33(27(24)36)21-13-7-19(29)8-14-21/h3-14,23,25,31H,1-2H3/t23-,25-/m1/s1. The molecular formula is C27H21Cl2N5O4. The van der Waals surface area contributed by atoms with Gasteiger partial charge in [0, 0.05) is 45.1 Å². The van der Waals surface area contributed by atoms with E-state index in [1.165, 1.54) is 21.8 Å². The van der Waals surface area contributed by atoms with Crippen LogP contribution in [0.4, 0.5) is 11.4 Å². The molecule has 0 saturated carbocycles. The molecule has 0 saturated heterocycles. The molecule has 11 heteroatoms. The third-order valence-corrected chi connectivity index (χ3v) is 7.07. The van der Waals surface area contributed by atoms with Crippen LogP contribution in [0.15, 0.2) is 82.7 Å². The average Bonchev–Trinajstić information content (AvgIpc) is 3.36. The number of hydrogen-bond acceptors (Lipinski definition) is 5. The number of aromatic nitrogens is 2. The predicted octanol–water partition coefficient (Wildman–Crippen LogP) is 5.86. The van der Waals surface area contributed by atoms with Gasteiger partial charge in [0.25, 0.3) is 17.2 Å². The summed E-state index contributed by atoms with van der Waals surface area (Å²) >= 11 is 12.0. The summed E-state index contributed by atoms with van der Waals surface area (Å²) in [6.07, 6.45) is 0. The number of amides is 1. The normalized spacial score (nSPS) is 16.0. The van der Waals surface area contributed by atoms with Crippen molar-refractivity contribution >= 4 is 46.2 Å². The molecule has 0 spiro atoms. The van der Waals surface area contributed by atoms with Crippen molar-refractivity contribution in [2.75, 3.05) is 5.01 Å². The topological polar surface area (TPSA) is 114 Å². The van der Waals surface area contributed by atoms with Gasteiger partial charge in [0.1, 0.15) is 0 Å². The second-order valence-electron chi connectivity index (χ2n) is 8.94. The summed E-state index contributed by atoms with van der Waals surface area (Å²) in [5.74, 6) is -1.92. The Labute approximate surface area is 227 Å². The third-order valence-electron chi connectivity index (χ3n) is 6.56. The summed E-state index contributed by atoms with van der Waals surface area (Å²) in [7, 11) is 0. The van der Waals surface area contributed by atoms with Gasteiger partial charge in [-0.15, -0.1) is 0 Å². The Balaban J connectivity index is 1.65. The molecule has 1 amide bonds. The fourth-order valence-electron chi connectivity index (χ4n) is 4.76. The van der Waals surface area contributed by atoms with Crippen molar-refractivity contribution in [1.29, 1.82) is 0 Å². The predicted molar refractivity (Wildman–Crippen MR) is 147 cm³/mol. The van der Waals surface area contributed by atoms with Gasteiger partial charge < -0.3 is 0 Å². The van der Waals surface area contributed by atoms with E-state index in [4.69, 9.17) is 23.2 Å². The Morgan fingerprint density at radius 3 is 2.00 bits per heavy atom. The molecule has 1 aliphatic heterocycles. The van der Waals surface area contributed by atoms with Crippen LogP contribution in [0.1, 0.15) is 29.7 Å². The highest BCUT2D eigenvalue weighted by Crippen LogP contribution is 2.39. The van der Waals surface area contributed by atoms with Crippen LogP contribution in [0.25, 0.3) is 5.69 Å². The van der Waals surface area contributed by atoms with Crippen LogP contribution < -0.4 is 10.6 Å². The van der Waals surface area contributed by atoms with Gasteiger partial charge in [0.2, 0.25) is 0 Å². The van der Waals surface area contributed by atoms with Gasteiger partial charge in [-0.25, -0.2) is 9.69 Å². The first-order valence-electron chi connectivity index (χ1n) is 11.6. The molecule has 1 aromatic heterocycles. The molecule has 1 N–H and O–H groups in total. The summed E-state index contributed by atoms with van der Waals surface area (Å²) in [4.78, 5) is 38.5. The van der Waals surface area contributed by atoms with E-state index in [1.54, 1.807) is 74.5 Å². The zero-order chi connectivity index (χ0) is 27.1. The second kappa shape index (κ2) is 9.92. The van der Waals surface area contributed by atoms with Crippen LogP contribution in [0.2, 0.25) is 10.0 Å². The van der Waals surface area contributed by atoms with E-state index >= 15 is 0 Å². The number of non-ortho nitro benzene ring substituents is 1. The number of aryl methyl sites for hydroxylation is 1. The molecule has 0 unspecified atom stereocenters. The molecule has 2 heterocycles. The lowest BCUT2D eigenvalue weighted by Crippen LogP contribution is -2.34. The van der Waals surface area contributed by atoms with Gasteiger partial charge in [-0.3, -0.25) is 24.8 Å². The Morgan fingerprint density at radius 1 is 0.895 bits per heavy atom. The van der Waals surface area contributed by atoms with Crippen LogP contribution in [0, 0.1) is 23.0 Å². The molecule has 1 aliphatic rings. The molecule has 3 aromatic carbocycles. The van der Waals surface area contributed by atoms with E-state index in [2.05, 4.69) is 10.2 Å². The molecule has 0 bridgehead atoms. The van der Waals surface area contributed by atoms with Crippen LogP contribution >= 0.6 is 23.2 Å². The van der Waals surface area contributed by atoms with Gasteiger partial charge in [0.05, 0.1) is 22.2 Å². The van der Waals surface area contributed by atoms with E-state index in [1.807, 2.05) is 0 Å². The van der Waals surface area contributed by atoms with E-state index in [0.717, 1.165) is 0 Å². The fraction of sp³-hybridized carbons (Fsp3) is 0.148. The number of anilines is 1. The molecule has 192 valence electrons. The minimum atomic E-state index is -0.826. The Bertz CT molecular complexity index is 1620. The van der Waals surface area contributed by atoms with Gasteiger partial charge >= 0.3 is 0 Å². The number of nitro groups is 1. The zero-order valence-corrected chi connectivity index (χ0v) is 21.8. The molecule has 2 atom stereocenters. The van der Waals surface area contributed by atoms with Crippen molar-refractivity contribution in [3.8, 4) is 5.69 Å². The summed E-state index contributed by atoms with van der Waals surface area (Å²) < 4.78 is 1.39. The molecular weight excluding hydrogens is 529 g/mol. The maximum Gasteiger partial charge on any atom is 0.275 e. The van der Waals surface area contributed by atoms with Crippen molar-refractivity contribution < 1.29 is 9.72 Å². The lowest BCUT2D eigenvalue weighted by atomic mass is 9.78. The molecule has 5 rings (SSSR count). The Morgan fingerprint density at radius 2 is 1.45 bits per heavy atom. The number of nitro benzene ring substituents is 1. The fourth-order valence-corrected chi connectivity index (χ4v) is 5.01. The summed E-state index contributed by atoms with van der Waals surface area (Å²) in [6, 6.07) is 19.4.